The lowest BCUT2D eigenvalue weighted by Gasteiger charge is -1.97. The largest absolute Gasteiger partial charge is 0.247 e. The van der Waals surface area contributed by atoms with Crippen molar-refractivity contribution in [2.45, 2.75) is 32.1 Å². The number of rotatable bonds is 3. The summed E-state index contributed by atoms with van der Waals surface area (Å²) in [6.45, 7) is 4.03. The fourth-order valence-corrected chi connectivity index (χ4v) is 1.74. The zero-order valence-electron chi connectivity index (χ0n) is 6.80. The maximum atomic E-state index is 5.81. The van der Waals surface area contributed by atoms with E-state index in [-0.39, 0.29) is 5.38 Å². The summed E-state index contributed by atoms with van der Waals surface area (Å²) in [7, 11) is 0. The minimum absolute atomic E-state index is 0.263. The van der Waals surface area contributed by atoms with Crippen LogP contribution in [0.5, 0.6) is 0 Å². The van der Waals surface area contributed by atoms with Gasteiger partial charge in [-0.3, -0.25) is 0 Å². The number of aromatic nitrogens is 1. The lowest BCUT2D eigenvalue weighted by atomic mass is 10.2. The number of hydrogen-bond acceptors (Lipinski definition) is 2. The molecule has 0 radical (unpaired) electrons. The van der Waals surface area contributed by atoms with Gasteiger partial charge in [-0.15, -0.1) is 22.9 Å². The van der Waals surface area contributed by atoms with Crippen LogP contribution in [0, 0.1) is 6.92 Å². The molecule has 0 aliphatic carbocycles. The van der Waals surface area contributed by atoms with E-state index in [0.717, 1.165) is 18.5 Å². The van der Waals surface area contributed by atoms with Gasteiger partial charge in [0.1, 0.15) is 0 Å². The summed E-state index contributed by atoms with van der Waals surface area (Å²) in [5.41, 5.74) is 1.12. The highest BCUT2D eigenvalue weighted by Crippen LogP contribution is 2.13. The maximum absolute atomic E-state index is 5.81. The number of hydrogen-bond donors (Lipinski definition) is 0. The first-order valence-corrected chi connectivity index (χ1v) is 5.05. The normalized spacial score (nSPS) is 13.4. The molecule has 0 saturated carbocycles. The van der Waals surface area contributed by atoms with Crippen molar-refractivity contribution in [3.63, 3.8) is 0 Å². The van der Waals surface area contributed by atoms with E-state index < -0.39 is 0 Å². The Morgan fingerprint density at radius 2 is 2.45 bits per heavy atom. The van der Waals surface area contributed by atoms with Crippen LogP contribution in [0.15, 0.2) is 5.38 Å². The SMILES string of the molecule is Cc1csc(CCC(C)Cl)n1. The average Bonchev–Trinajstić information content (AvgIpc) is 2.31. The Labute approximate surface area is 76.4 Å². The Kier molecular flexibility index (Phi) is 3.34. The fourth-order valence-electron chi connectivity index (χ4n) is 0.840. The van der Waals surface area contributed by atoms with Crippen LogP contribution in [-0.4, -0.2) is 10.4 Å². The monoisotopic (exact) mass is 189 g/mol. The second kappa shape index (κ2) is 4.07. The fraction of sp³-hybridized carbons (Fsp3) is 0.625. The molecule has 1 nitrogen and oxygen atoms in total. The first kappa shape index (κ1) is 9.01. The van der Waals surface area contributed by atoms with Gasteiger partial charge >= 0.3 is 0 Å². The van der Waals surface area contributed by atoms with E-state index >= 15 is 0 Å². The summed E-state index contributed by atoms with van der Waals surface area (Å²) in [4.78, 5) is 4.34. The van der Waals surface area contributed by atoms with Gasteiger partial charge in [0.05, 0.1) is 5.01 Å². The van der Waals surface area contributed by atoms with Gasteiger partial charge in [-0.2, -0.15) is 0 Å². The number of aryl methyl sites for hydroxylation is 2. The van der Waals surface area contributed by atoms with Crippen molar-refractivity contribution < 1.29 is 0 Å². The van der Waals surface area contributed by atoms with E-state index in [9.17, 15) is 0 Å². The molecule has 0 aliphatic heterocycles. The molecule has 0 amide bonds. The number of halogens is 1. The van der Waals surface area contributed by atoms with Crippen LogP contribution in [0.2, 0.25) is 0 Å². The molecule has 11 heavy (non-hydrogen) atoms. The van der Waals surface area contributed by atoms with E-state index in [0.29, 0.717) is 0 Å². The molecule has 0 aliphatic rings. The second-order valence-electron chi connectivity index (χ2n) is 2.70. The van der Waals surface area contributed by atoms with Crippen molar-refractivity contribution in [1.29, 1.82) is 0 Å². The van der Waals surface area contributed by atoms with E-state index in [4.69, 9.17) is 11.6 Å². The third-order valence-corrected chi connectivity index (χ3v) is 2.67. The highest BCUT2D eigenvalue weighted by Gasteiger charge is 2.00. The van der Waals surface area contributed by atoms with Crippen LogP contribution in [0.25, 0.3) is 0 Å². The highest BCUT2D eigenvalue weighted by atomic mass is 35.5. The second-order valence-corrected chi connectivity index (χ2v) is 4.39. The molecule has 0 aromatic carbocycles. The summed E-state index contributed by atoms with van der Waals surface area (Å²) >= 11 is 7.53. The predicted molar refractivity (Wildman–Crippen MR) is 50.5 cm³/mol. The lowest BCUT2D eigenvalue weighted by molar-refractivity contribution is 0.796. The Morgan fingerprint density at radius 1 is 1.73 bits per heavy atom. The van der Waals surface area contributed by atoms with Crippen LogP contribution in [0.3, 0.4) is 0 Å². The number of nitrogens with zero attached hydrogens (tertiary/aromatic N) is 1. The topological polar surface area (TPSA) is 12.9 Å². The Bertz CT molecular complexity index is 220. The molecule has 1 atom stereocenters. The Balaban J connectivity index is 2.39. The van der Waals surface area contributed by atoms with Crippen molar-refractivity contribution in [3.05, 3.63) is 16.1 Å². The van der Waals surface area contributed by atoms with Crippen molar-refractivity contribution in [2.24, 2.45) is 0 Å². The van der Waals surface area contributed by atoms with Gasteiger partial charge < -0.3 is 0 Å². The Morgan fingerprint density at radius 3 is 2.91 bits per heavy atom. The summed E-state index contributed by atoms with van der Waals surface area (Å²) in [5, 5.41) is 3.54. The van der Waals surface area contributed by atoms with Gasteiger partial charge in [0.2, 0.25) is 0 Å². The van der Waals surface area contributed by atoms with Gasteiger partial charge in [-0.05, 0) is 20.3 Å². The summed E-state index contributed by atoms with van der Waals surface area (Å²) in [6, 6.07) is 0. The van der Waals surface area contributed by atoms with Gasteiger partial charge in [-0.1, -0.05) is 0 Å². The third-order valence-electron chi connectivity index (χ3n) is 1.42. The first-order chi connectivity index (χ1) is 5.18. The van der Waals surface area contributed by atoms with E-state index in [1.54, 1.807) is 11.3 Å². The van der Waals surface area contributed by atoms with Gasteiger partial charge in [0.25, 0.3) is 0 Å². The van der Waals surface area contributed by atoms with Crippen molar-refractivity contribution >= 4 is 22.9 Å². The molecule has 1 rings (SSSR count). The molecule has 1 aromatic heterocycles. The van der Waals surface area contributed by atoms with E-state index in [1.165, 1.54) is 5.01 Å². The molecular formula is C8H12ClNS. The molecule has 1 unspecified atom stereocenters. The zero-order chi connectivity index (χ0) is 8.27. The van der Waals surface area contributed by atoms with Crippen LogP contribution in [-0.2, 0) is 6.42 Å². The molecular weight excluding hydrogens is 178 g/mol. The van der Waals surface area contributed by atoms with E-state index in [2.05, 4.69) is 10.4 Å². The molecule has 1 heterocycles. The van der Waals surface area contributed by atoms with Crippen LogP contribution >= 0.6 is 22.9 Å². The van der Waals surface area contributed by atoms with Gasteiger partial charge in [-0.25, -0.2) is 4.98 Å². The average molecular weight is 190 g/mol. The smallest absolute Gasteiger partial charge is 0.0928 e. The number of alkyl halides is 1. The van der Waals surface area contributed by atoms with Crippen molar-refractivity contribution in [1.82, 2.24) is 4.98 Å². The third kappa shape index (κ3) is 3.21. The minimum Gasteiger partial charge on any atom is -0.247 e. The first-order valence-electron chi connectivity index (χ1n) is 3.73. The van der Waals surface area contributed by atoms with Crippen LogP contribution < -0.4 is 0 Å². The molecule has 1 aromatic rings. The standard InChI is InChI=1S/C8H12ClNS/c1-6(9)3-4-8-10-7(2)5-11-8/h5-6H,3-4H2,1-2H3. The van der Waals surface area contributed by atoms with Crippen molar-refractivity contribution in [3.8, 4) is 0 Å². The summed E-state index contributed by atoms with van der Waals surface area (Å²) in [6.07, 6.45) is 2.04. The molecule has 0 saturated heterocycles. The molecule has 0 fully saturated rings. The van der Waals surface area contributed by atoms with E-state index in [1.807, 2.05) is 13.8 Å². The molecule has 3 heteroatoms. The lowest BCUT2D eigenvalue weighted by Crippen LogP contribution is -1.93. The number of thiazole rings is 1. The highest BCUT2D eigenvalue weighted by molar-refractivity contribution is 7.09. The Hall–Kier alpha value is -0.0800. The quantitative estimate of drug-likeness (QED) is 0.667. The maximum Gasteiger partial charge on any atom is 0.0928 e. The molecule has 0 N–H and O–H groups in total. The van der Waals surface area contributed by atoms with Gasteiger partial charge in [0.15, 0.2) is 0 Å². The molecule has 0 bridgehead atoms. The van der Waals surface area contributed by atoms with Crippen LogP contribution in [0.1, 0.15) is 24.0 Å². The van der Waals surface area contributed by atoms with Crippen LogP contribution in [0.4, 0.5) is 0 Å². The summed E-state index contributed by atoms with van der Waals surface area (Å²) < 4.78 is 0. The molecule has 0 spiro atoms. The summed E-state index contributed by atoms with van der Waals surface area (Å²) in [5.74, 6) is 0. The molecule has 62 valence electrons. The predicted octanol–water partition coefficient (Wildman–Crippen LogP) is 3.01. The van der Waals surface area contributed by atoms with Crippen molar-refractivity contribution in [2.75, 3.05) is 0 Å². The minimum atomic E-state index is 0.263. The zero-order valence-corrected chi connectivity index (χ0v) is 8.37. The van der Waals surface area contributed by atoms with Gasteiger partial charge in [0, 0.05) is 22.9 Å².